The zero-order valence-corrected chi connectivity index (χ0v) is 20.5. The van der Waals surface area contributed by atoms with E-state index < -0.39 is 39.0 Å². The molecular weight excluding hydrogens is 493 g/mol. The summed E-state index contributed by atoms with van der Waals surface area (Å²) < 4.78 is 23.5. The topological polar surface area (TPSA) is 192 Å². The maximum Gasteiger partial charge on any atom is 0.524 e. The molecule has 14 heteroatoms. The number of phosphoric acid groups is 1. The standard InChI is InChI=1S/C22H30N5O8P/c1-2-3-4-5-14-7-6-13(8-15(14)35-36(31,32)33)9-23-20-17-21(25-11-24-20)27(12-26-17)22-19(30)18(29)16(10-28)34-22/h6-8,11-12,16,18-19,22,28-30H,2-5,9-10H2,1H3,(H,23,24,25)(H2,31,32,33)/t16-,18-,19-,22-/m1/s1. The van der Waals surface area contributed by atoms with Gasteiger partial charge in [-0.2, -0.15) is 0 Å². The summed E-state index contributed by atoms with van der Waals surface area (Å²) in [7, 11) is -4.73. The quantitative estimate of drug-likeness (QED) is 0.156. The summed E-state index contributed by atoms with van der Waals surface area (Å²) in [6, 6.07) is 5.23. The van der Waals surface area contributed by atoms with Gasteiger partial charge in [0, 0.05) is 6.54 Å². The van der Waals surface area contributed by atoms with Gasteiger partial charge in [-0.1, -0.05) is 31.9 Å². The number of aromatic nitrogens is 4. The lowest BCUT2D eigenvalue weighted by atomic mass is 10.0. The van der Waals surface area contributed by atoms with Crippen LogP contribution in [0.4, 0.5) is 5.82 Å². The number of aliphatic hydroxyl groups excluding tert-OH is 3. The molecule has 1 aromatic carbocycles. The van der Waals surface area contributed by atoms with Crippen molar-refractivity contribution >= 4 is 24.8 Å². The van der Waals surface area contributed by atoms with E-state index in [9.17, 15) is 29.7 Å². The van der Waals surface area contributed by atoms with E-state index in [-0.39, 0.29) is 12.3 Å². The van der Waals surface area contributed by atoms with Gasteiger partial charge in [-0.15, -0.1) is 0 Å². The van der Waals surface area contributed by atoms with E-state index >= 15 is 0 Å². The monoisotopic (exact) mass is 523 g/mol. The number of aliphatic hydroxyl groups is 3. The maximum absolute atomic E-state index is 11.5. The van der Waals surface area contributed by atoms with Crippen LogP contribution in [0.5, 0.6) is 5.75 Å². The highest BCUT2D eigenvalue weighted by Crippen LogP contribution is 2.40. The highest BCUT2D eigenvalue weighted by molar-refractivity contribution is 7.46. The molecule has 1 aliphatic heterocycles. The molecule has 6 N–H and O–H groups in total. The summed E-state index contributed by atoms with van der Waals surface area (Å²) in [4.78, 5) is 31.4. The molecule has 0 aliphatic carbocycles. The minimum absolute atomic E-state index is 0.139. The van der Waals surface area contributed by atoms with Crippen molar-refractivity contribution < 1.29 is 38.9 Å². The summed E-state index contributed by atoms with van der Waals surface area (Å²) >= 11 is 0. The minimum atomic E-state index is -4.73. The summed E-state index contributed by atoms with van der Waals surface area (Å²) in [6.45, 7) is 1.88. The molecular formula is C22H30N5O8P. The number of imidazole rings is 1. The lowest BCUT2D eigenvalue weighted by molar-refractivity contribution is -0.0511. The molecule has 0 saturated carbocycles. The number of nitrogens with zero attached hydrogens (tertiary/aromatic N) is 4. The molecule has 0 radical (unpaired) electrons. The van der Waals surface area contributed by atoms with Crippen molar-refractivity contribution in [1.29, 1.82) is 0 Å². The van der Waals surface area contributed by atoms with Crippen molar-refractivity contribution in [3.63, 3.8) is 0 Å². The Hall–Kier alpha value is -2.64. The second kappa shape index (κ2) is 11.2. The molecule has 4 rings (SSSR count). The van der Waals surface area contributed by atoms with Crippen LogP contribution in [0.3, 0.4) is 0 Å². The third kappa shape index (κ3) is 5.84. The number of benzene rings is 1. The van der Waals surface area contributed by atoms with Crippen molar-refractivity contribution in [3.05, 3.63) is 42.0 Å². The number of unbranched alkanes of at least 4 members (excludes halogenated alkanes) is 2. The molecule has 13 nitrogen and oxygen atoms in total. The number of aryl methyl sites for hydroxylation is 1. The van der Waals surface area contributed by atoms with E-state index in [1.165, 1.54) is 17.2 Å². The Morgan fingerprint density at radius 3 is 2.67 bits per heavy atom. The number of nitrogens with one attached hydrogen (secondary N) is 1. The van der Waals surface area contributed by atoms with E-state index in [1.54, 1.807) is 12.1 Å². The minimum Gasteiger partial charge on any atom is -0.404 e. The number of anilines is 1. The van der Waals surface area contributed by atoms with Crippen LogP contribution in [0.25, 0.3) is 11.2 Å². The molecule has 3 aromatic rings. The predicted octanol–water partition coefficient (Wildman–Crippen LogP) is 1.25. The van der Waals surface area contributed by atoms with Crippen molar-refractivity contribution in [1.82, 2.24) is 19.5 Å². The fourth-order valence-corrected chi connectivity index (χ4v) is 4.58. The van der Waals surface area contributed by atoms with E-state index in [4.69, 9.17) is 9.26 Å². The summed E-state index contributed by atoms with van der Waals surface area (Å²) in [5.41, 5.74) is 2.15. The molecule has 196 valence electrons. The van der Waals surface area contributed by atoms with Crippen molar-refractivity contribution in [3.8, 4) is 5.75 Å². The Bertz CT molecular complexity index is 1230. The molecule has 0 bridgehead atoms. The van der Waals surface area contributed by atoms with Crippen LogP contribution < -0.4 is 9.84 Å². The third-order valence-electron chi connectivity index (χ3n) is 6.01. The van der Waals surface area contributed by atoms with Gasteiger partial charge in [0.1, 0.15) is 30.4 Å². The van der Waals surface area contributed by atoms with Crippen LogP contribution in [0.1, 0.15) is 43.5 Å². The molecule has 36 heavy (non-hydrogen) atoms. The van der Waals surface area contributed by atoms with Crippen LogP contribution in [0, 0.1) is 0 Å². The first-order valence-corrected chi connectivity index (χ1v) is 13.2. The predicted molar refractivity (Wildman–Crippen MR) is 128 cm³/mol. The fraction of sp³-hybridized carbons (Fsp3) is 0.500. The third-order valence-corrected chi connectivity index (χ3v) is 6.44. The Morgan fingerprint density at radius 2 is 1.97 bits per heavy atom. The van der Waals surface area contributed by atoms with Crippen molar-refractivity contribution in [2.24, 2.45) is 0 Å². The Balaban J connectivity index is 1.53. The van der Waals surface area contributed by atoms with Crippen LogP contribution in [0.15, 0.2) is 30.9 Å². The lowest BCUT2D eigenvalue weighted by Gasteiger charge is -2.16. The van der Waals surface area contributed by atoms with Crippen LogP contribution in [-0.4, -0.2) is 69.5 Å². The second-order valence-corrected chi connectivity index (χ2v) is 9.77. The second-order valence-electron chi connectivity index (χ2n) is 8.61. The first-order valence-electron chi connectivity index (χ1n) is 11.6. The van der Waals surface area contributed by atoms with Crippen molar-refractivity contribution in [2.45, 2.75) is 63.7 Å². The molecule has 3 heterocycles. The lowest BCUT2D eigenvalue weighted by Crippen LogP contribution is -2.33. The highest BCUT2D eigenvalue weighted by atomic mass is 31.2. The van der Waals surface area contributed by atoms with Gasteiger partial charge < -0.3 is 29.9 Å². The smallest absolute Gasteiger partial charge is 0.404 e. The zero-order chi connectivity index (χ0) is 25.9. The number of hydrogen-bond acceptors (Lipinski definition) is 10. The van der Waals surface area contributed by atoms with E-state index in [0.717, 1.165) is 24.8 Å². The van der Waals surface area contributed by atoms with Gasteiger partial charge in [0.15, 0.2) is 23.2 Å². The average molecular weight is 523 g/mol. The Kier molecular flexibility index (Phi) is 8.20. The van der Waals surface area contributed by atoms with Gasteiger partial charge in [0.2, 0.25) is 0 Å². The number of hydrogen-bond donors (Lipinski definition) is 6. The zero-order valence-electron chi connectivity index (χ0n) is 19.6. The summed E-state index contributed by atoms with van der Waals surface area (Å²) in [5, 5.41) is 32.9. The van der Waals surface area contributed by atoms with Crippen molar-refractivity contribution in [2.75, 3.05) is 11.9 Å². The van der Waals surface area contributed by atoms with Crippen LogP contribution >= 0.6 is 7.82 Å². The Labute approximate surface area is 207 Å². The normalized spacial score (nSPS) is 22.3. The maximum atomic E-state index is 11.5. The van der Waals surface area contributed by atoms with Gasteiger partial charge in [-0.05, 0) is 30.0 Å². The fourth-order valence-electron chi connectivity index (χ4n) is 4.16. The van der Waals surface area contributed by atoms with Gasteiger partial charge in [0.25, 0.3) is 0 Å². The Morgan fingerprint density at radius 1 is 1.17 bits per heavy atom. The summed E-state index contributed by atoms with van der Waals surface area (Å²) in [6.07, 6.45) is 1.79. The van der Waals surface area contributed by atoms with Crippen LogP contribution in [-0.2, 0) is 22.3 Å². The SMILES string of the molecule is CCCCCc1ccc(CNc2ncnc3c2ncn3[C@@H]2O[C@H](CO)[C@@H](O)[C@H]2O)cc1OP(=O)(O)O. The van der Waals surface area contributed by atoms with Gasteiger partial charge in [-0.25, -0.2) is 19.5 Å². The first kappa shape index (κ1) is 26.4. The summed E-state index contributed by atoms with van der Waals surface area (Å²) in [5.74, 6) is 0.523. The number of rotatable bonds is 11. The number of fused-ring (bicyclic) bond motifs is 1. The molecule has 1 fully saturated rings. The van der Waals surface area contributed by atoms with Gasteiger partial charge in [-0.3, -0.25) is 14.4 Å². The molecule has 0 spiro atoms. The van der Waals surface area contributed by atoms with E-state index in [0.29, 0.717) is 29.0 Å². The van der Waals surface area contributed by atoms with E-state index in [2.05, 4.69) is 27.2 Å². The molecule has 0 amide bonds. The van der Waals surface area contributed by atoms with Gasteiger partial charge >= 0.3 is 7.82 Å². The van der Waals surface area contributed by atoms with E-state index in [1.807, 2.05) is 6.07 Å². The van der Waals surface area contributed by atoms with Gasteiger partial charge in [0.05, 0.1) is 12.9 Å². The average Bonchev–Trinajstić information content (AvgIpc) is 3.39. The largest absolute Gasteiger partial charge is 0.524 e. The van der Waals surface area contributed by atoms with Crippen LogP contribution in [0.2, 0.25) is 0 Å². The number of ether oxygens (including phenoxy) is 1. The molecule has 4 atom stereocenters. The first-order chi connectivity index (χ1) is 17.2. The highest BCUT2D eigenvalue weighted by Gasteiger charge is 2.44. The molecule has 1 saturated heterocycles. The molecule has 2 aromatic heterocycles. The molecule has 1 aliphatic rings. The molecule has 0 unspecified atom stereocenters. The number of phosphoric ester groups is 1.